The summed E-state index contributed by atoms with van der Waals surface area (Å²) in [6.07, 6.45) is 5.56. The number of rotatable bonds is 15. The second-order valence-electron chi connectivity index (χ2n) is 8.99. The van der Waals surface area contributed by atoms with Crippen LogP contribution in [-0.2, 0) is 20.7 Å². The molecule has 1 aliphatic heterocycles. The summed E-state index contributed by atoms with van der Waals surface area (Å²) in [4.78, 5) is 41.4. The summed E-state index contributed by atoms with van der Waals surface area (Å²) < 4.78 is 16.6. The van der Waals surface area contributed by atoms with Gasteiger partial charge in [0, 0.05) is 42.7 Å². The number of hydrogen-bond acceptors (Lipinski definition) is 9. The van der Waals surface area contributed by atoms with E-state index in [9.17, 15) is 14.4 Å². The van der Waals surface area contributed by atoms with Gasteiger partial charge in [0.2, 0.25) is 0 Å². The molecule has 10 nitrogen and oxygen atoms in total. The van der Waals surface area contributed by atoms with E-state index in [4.69, 9.17) is 14.2 Å². The number of carbonyl (C=O) groups is 3. The van der Waals surface area contributed by atoms with Crippen molar-refractivity contribution in [2.24, 2.45) is 4.99 Å². The van der Waals surface area contributed by atoms with E-state index in [0.29, 0.717) is 41.5 Å². The van der Waals surface area contributed by atoms with E-state index in [1.54, 1.807) is 26.1 Å². The van der Waals surface area contributed by atoms with Crippen molar-refractivity contribution >= 4 is 41.8 Å². The van der Waals surface area contributed by atoms with Gasteiger partial charge in [0.05, 0.1) is 32.2 Å². The largest absolute Gasteiger partial charge is 0.493 e. The van der Waals surface area contributed by atoms with Crippen molar-refractivity contribution in [2.45, 2.75) is 44.8 Å². The number of aldehydes is 2. The Balaban J connectivity index is 1.72. The topological polar surface area (TPSA) is 119 Å². The van der Waals surface area contributed by atoms with Gasteiger partial charge in [-0.2, -0.15) is 0 Å². The molecule has 204 valence electrons. The third-order valence-electron chi connectivity index (χ3n) is 6.31. The molecule has 2 aromatic rings. The van der Waals surface area contributed by atoms with Crippen LogP contribution >= 0.6 is 0 Å². The van der Waals surface area contributed by atoms with Gasteiger partial charge in [-0.15, -0.1) is 0 Å². The van der Waals surface area contributed by atoms with Crippen LogP contribution in [0.5, 0.6) is 11.5 Å². The van der Waals surface area contributed by atoms with Crippen LogP contribution in [0.25, 0.3) is 0 Å². The monoisotopic (exact) mass is 524 g/mol. The fourth-order valence-electron chi connectivity index (χ4n) is 4.09. The molecule has 2 N–H and O–H groups in total. The zero-order valence-corrected chi connectivity index (χ0v) is 22.4. The highest BCUT2D eigenvalue weighted by atomic mass is 16.5. The lowest BCUT2D eigenvalue weighted by atomic mass is 10.1. The summed E-state index contributed by atoms with van der Waals surface area (Å²) in [5, 5.41) is 5.75. The zero-order valence-electron chi connectivity index (χ0n) is 22.4. The molecule has 0 aromatic heterocycles. The summed E-state index contributed by atoms with van der Waals surface area (Å²) in [7, 11) is 5.24. The average Bonchev–Trinajstić information content (AvgIpc) is 3.24. The van der Waals surface area contributed by atoms with Crippen molar-refractivity contribution in [1.29, 1.82) is 0 Å². The molecule has 10 heteroatoms. The Hall–Kier alpha value is -3.76. The lowest BCUT2D eigenvalue weighted by Gasteiger charge is -2.20. The number of likely N-dealkylation sites (N-methyl/N-ethyl adjacent to an activating group) is 1. The van der Waals surface area contributed by atoms with Crippen LogP contribution < -0.4 is 25.0 Å². The molecule has 1 amide bonds. The number of benzene rings is 2. The molecular weight excluding hydrogens is 488 g/mol. The highest BCUT2D eigenvalue weighted by Gasteiger charge is 2.26. The summed E-state index contributed by atoms with van der Waals surface area (Å²) in [5.74, 6) is 0.724. The number of aliphatic imine (C=N–C) groups is 1. The smallest absolute Gasteiger partial charge is 0.253 e. The summed E-state index contributed by atoms with van der Waals surface area (Å²) in [6.45, 7) is 2.42. The molecule has 3 rings (SSSR count). The molecule has 2 unspecified atom stereocenters. The molecule has 0 saturated heterocycles. The second kappa shape index (κ2) is 14.3. The molecule has 0 fully saturated rings. The van der Waals surface area contributed by atoms with E-state index in [1.807, 2.05) is 31.5 Å². The molecule has 2 aromatic carbocycles. The maximum absolute atomic E-state index is 12.4. The average molecular weight is 525 g/mol. The summed E-state index contributed by atoms with van der Waals surface area (Å²) in [5.41, 5.74) is 3.69. The number of nitrogens with zero attached hydrogens (tertiary/aromatic N) is 2. The van der Waals surface area contributed by atoms with Crippen molar-refractivity contribution in [3.8, 4) is 11.5 Å². The molecule has 2 atom stereocenters. The number of fused-ring (bicyclic) bond motifs is 1. The summed E-state index contributed by atoms with van der Waals surface area (Å²) >= 11 is 0. The Morgan fingerprint density at radius 3 is 2.74 bits per heavy atom. The van der Waals surface area contributed by atoms with E-state index in [0.717, 1.165) is 43.1 Å². The van der Waals surface area contributed by atoms with Gasteiger partial charge < -0.3 is 29.2 Å². The Labute approximate surface area is 223 Å². The first-order valence-electron chi connectivity index (χ1n) is 12.6. The van der Waals surface area contributed by atoms with E-state index in [-0.39, 0.29) is 18.7 Å². The minimum Gasteiger partial charge on any atom is -0.493 e. The molecular formula is C28H36N4O6. The number of anilines is 2. The Bertz CT molecular complexity index is 1150. The van der Waals surface area contributed by atoms with Gasteiger partial charge in [0.25, 0.3) is 5.91 Å². The first-order chi connectivity index (χ1) is 18.4. The molecule has 0 aliphatic carbocycles. The Morgan fingerprint density at radius 2 is 2.03 bits per heavy atom. The molecule has 0 saturated carbocycles. The van der Waals surface area contributed by atoms with Crippen LogP contribution in [0.2, 0.25) is 0 Å². The van der Waals surface area contributed by atoms with Crippen molar-refractivity contribution < 1.29 is 28.6 Å². The van der Waals surface area contributed by atoms with E-state index >= 15 is 0 Å². The van der Waals surface area contributed by atoms with Gasteiger partial charge in [-0.3, -0.25) is 19.9 Å². The van der Waals surface area contributed by atoms with Gasteiger partial charge in [-0.05, 0) is 57.0 Å². The quantitative estimate of drug-likeness (QED) is 0.157. The predicted molar refractivity (Wildman–Crippen MR) is 147 cm³/mol. The molecule has 0 spiro atoms. The van der Waals surface area contributed by atoms with E-state index < -0.39 is 6.10 Å². The Morgan fingerprint density at radius 1 is 1.21 bits per heavy atom. The number of carbonyl (C=O) groups excluding carboxylic acids is 3. The fourth-order valence-corrected chi connectivity index (χ4v) is 4.09. The Kier molecular flexibility index (Phi) is 10.8. The second-order valence-corrected chi connectivity index (χ2v) is 8.99. The third kappa shape index (κ3) is 7.39. The molecule has 38 heavy (non-hydrogen) atoms. The number of hydrogen-bond donors (Lipinski definition) is 2. The predicted octanol–water partition coefficient (Wildman–Crippen LogP) is 3.54. The fraction of sp³-hybridized carbons (Fsp3) is 0.429. The number of ether oxygens (including phenoxy) is 3. The maximum Gasteiger partial charge on any atom is 0.253 e. The molecule has 1 aliphatic rings. The number of amides is 1. The third-order valence-corrected chi connectivity index (χ3v) is 6.31. The first kappa shape index (κ1) is 28.8. The SMILES string of the molecule is CNCOC(C)C(=O)Nc1ccc2c(c1)N(C)C(/C=N\c1cc(OCCCCC=O)c(OC)cc1C=O)C2. The van der Waals surface area contributed by atoms with Crippen molar-refractivity contribution in [3.05, 3.63) is 41.5 Å². The first-order valence-corrected chi connectivity index (χ1v) is 12.6. The normalized spacial score (nSPS) is 15.3. The van der Waals surface area contributed by atoms with Gasteiger partial charge in [0.1, 0.15) is 12.4 Å². The van der Waals surface area contributed by atoms with Crippen LogP contribution in [0.15, 0.2) is 35.3 Å². The minimum absolute atomic E-state index is 0.0387. The number of methoxy groups -OCH3 is 1. The van der Waals surface area contributed by atoms with Gasteiger partial charge in [-0.25, -0.2) is 0 Å². The van der Waals surface area contributed by atoms with Crippen LogP contribution in [0, 0.1) is 0 Å². The standard InChI is InChI=1S/C28H36N4O6/c1-19(38-18-29-2)28(35)31-22-9-8-20-12-23(32(3)25(20)14-22)16-30-24-15-27(37-11-7-5-6-10-33)26(36-4)13-21(24)17-34/h8-10,13-17,19,23,29H,5-7,11-12,18H2,1-4H3,(H,31,35)/b30-16-. The van der Waals surface area contributed by atoms with E-state index in [2.05, 4.69) is 20.5 Å². The van der Waals surface area contributed by atoms with Crippen molar-refractivity contribution in [2.75, 3.05) is 44.8 Å². The van der Waals surface area contributed by atoms with Crippen molar-refractivity contribution in [3.63, 3.8) is 0 Å². The van der Waals surface area contributed by atoms with Crippen LogP contribution in [0.1, 0.15) is 42.1 Å². The lowest BCUT2D eigenvalue weighted by molar-refractivity contribution is -0.126. The zero-order chi connectivity index (χ0) is 27.5. The molecule has 0 bridgehead atoms. The van der Waals surface area contributed by atoms with Gasteiger partial charge >= 0.3 is 0 Å². The van der Waals surface area contributed by atoms with Gasteiger partial charge in [-0.1, -0.05) is 6.07 Å². The van der Waals surface area contributed by atoms with Crippen LogP contribution in [0.4, 0.5) is 17.1 Å². The lowest BCUT2D eigenvalue weighted by Crippen LogP contribution is -2.30. The highest BCUT2D eigenvalue weighted by molar-refractivity contribution is 5.95. The maximum atomic E-state index is 12.4. The number of unbranched alkanes of at least 4 members (excludes halogenated alkanes) is 2. The van der Waals surface area contributed by atoms with Crippen molar-refractivity contribution in [1.82, 2.24) is 5.32 Å². The van der Waals surface area contributed by atoms with E-state index in [1.165, 1.54) is 7.11 Å². The minimum atomic E-state index is -0.588. The van der Waals surface area contributed by atoms with Crippen LogP contribution in [0.3, 0.4) is 0 Å². The van der Waals surface area contributed by atoms with Crippen LogP contribution in [-0.4, -0.2) is 71.4 Å². The van der Waals surface area contributed by atoms with Gasteiger partial charge in [0.15, 0.2) is 17.8 Å². The highest BCUT2D eigenvalue weighted by Crippen LogP contribution is 2.36. The number of nitrogens with one attached hydrogen (secondary N) is 2. The molecule has 0 radical (unpaired) electrons. The molecule has 1 heterocycles. The summed E-state index contributed by atoms with van der Waals surface area (Å²) in [6, 6.07) is 9.09.